The molecule has 2 aromatic rings. The van der Waals surface area contributed by atoms with Crippen LogP contribution < -0.4 is 10.5 Å². The van der Waals surface area contributed by atoms with Crippen molar-refractivity contribution in [3.05, 3.63) is 59.9 Å². The third-order valence-electron chi connectivity index (χ3n) is 2.46. The van der Waals surface area contributed by atoms with Crippen LogP contribution in [0.3, 0.4) is 0 Å². The second-order valence-electron chi connectivity index (χ2n) is 3.70. The Morgan fingerprint density at radius 2 is 1.67 bits per heavy atom. The van der Waals surface area contributed by atoms with Crippen LogP contribution in [0.2, 0.25) is 0 Å². The van der Waals surface area contributed by atoms with Crippen molar-refractivity contribution in [1.29, 1.82) is 0 Å². The first-order chi connectivity index (χ1) is 8.69. The first kappa shape index (κ1) is 12.1. The van der Waals surface area contributed by atoms with E-state index in [9.17, 15) is 4.39 Å². The van der Waals surface area contributed by atoms with Gasteiger partial charge in [0.15, 0.2) is 0 Å². The van der Waals surface area contributed by atoms with Gasteiger partial charge in [-0.05, 0) is 48.5 Å². The Balaban J connectivity index is 2.23. The van der Waals surface area contributed by atoms with E-state index in [1.165, 1.54) is 12.1 Å². The molecule has 0 saturated heterocycles. The fourth-order valence-corrected chi connectivity index (χ4v) is 1.48. The summed E-state index contributed by atoms with van der Waals surface area (Å²) in [6.45, 7) is 0. The molecule has 92 valence electrons. The van der Waals surface area contributed by atoms with Crippen molar-refractivity contribution in [1.82, 2.24) is 0 Å². The van der Waals surface area contributed by atoms with Gasteiger partial charge in [-0.2, -0.15) is 0 Å². The minimum absolute atomic E-state index is 0.294. The van der Waals surface area contributed by atoms with E-state index in [-0.39, 0.29) is 5.82 Å². The zero-order chi connectivity index (χ0) is 13.0. The van der Waals surface area contributed by atoms with E-state index in [1.54, 1.807) is 19.2 Å². The molecular formula is C14H13FN2O. The zero-order valence-corrected chi connectivity index (χ0v) is 9.93. The van der Waals surface area contributed by atoms with Crippen molar-refractivity contribution >= 4 is 11.5 Å². The average molecular weight is 244 g/mol. The molecule has 0 spiro atoms. The van der Waals surface area contributed by atoms with Crippen molar-refractivity contribution in [2.75, 3.05) is 7.11 Å². The van der Waals surface area contributed by atoms with Gasteiger partial charge >= 0.3 is 0 Å². The highest BCUT2D eigenvalue weighted by Crippen LogP contribution is 2.15. The fraction of sp³-hybridized carbons (Fsp3) is 0.0714. The molecule has 0 aliphatic rings. The number of rotatable bonds is 3. The Labute approximate surface area is 105 Å². The van der Waals surface area contributed by atoms with Gasteiger partial charge in [0, 0.05) is 5.56 Å². The number of nitrogens with zero attached hydrogens (tertiary/aromatic N) is 1. The monoisotopic (exact) mass is 244 g/mol. The molecule has 0 heterocycles. The summed E-state index contributed by atoms with van der Waals surface area (Å²) in [4.78, 5) is 4.21. The van der Waals surface area contributed by atoms with Gasteiger partial charge in [-0.1, -0.05) is 0 Å². The van der Waals surface area contributed by atoms with E-state index < -0.39 is 0 Å². The number of methoxy groups -OCH3 is 1. The van der Waals surface area contributed by atoms with Crippen molar-refractivity contribution in [3.63, 3.8) is 0 Å². The lowest BCUT2D eigenvalue weighted by atomic mass is 10.2. The van der Waals surface area contributed by atoms with Crippen LogP contribution in [-0.2, 0) is 0 Å². The largest absolute Gasteiger partial charge is 0.497 e. The molecule has 0 fully saturated rings. The number of hydrogen-bond donors (Lipinski definition) is 1. The van der Waals surface area contributed by atoms with Crippen LogP contribution in [0.1, 0.15) is 5.56 Å². The van der Waals surface area contributed by atoms with Crippen molar-refractivity contribution in [3.8, 4) is 5.75 Å². The van der Waals surface area contributed by atoms with Crippen molar-refractivity contribution < 1.29 is 9.13 Å². The Kier molecular flexibility index (Phi) is 3.57. The van der Waals surface area contributed by atoms with Crippen LogP contribution in [0.25, 0.3) is 0 Å². The summed E-state index contributed by atoms with van der Waals surface area (Å²) in [6, 6.07) is 13.1. The third kappa shape index (κ3) is 2.85. The summed E-state index contributed by atoms with van der Waals surface area (Å²) in [5.41, 5.74) is 7.28. The SMILES string of the molecule is COc1ccc(C(N)=Nc2ccc(F)cc2)cc1. The summed E-state index contributed by atoms with van der Waals surface area (Å²) < 4.78 is 17.8. The fourth-order valence-electron chi connectivity index (χ4n) is 1.48. The molecule has 0 unspecified atom stereocenters. The molecule has 4 heteroatoms. The predicted octanol–water partition coefficient (Wildman–Crippen LogP) is 2.87. The lowest BCUT2D eigenvalue weighted by molar-refractivity contribution is 0.415. The van der Waals surface area contributed by atoms with E-state index in [0.29, 0.717) is 11.5 Å². The average Bonchev–Trinajstić information content (AvgIpc) is 2.41. The van der Waals surface area contributed by atoms with Crippen molar-refractivity contribution in [2.24, 2.45) is 10.7 Å². The molecule has 3 nitrogen and oxygen atoms in total. The number of hydrogen-bond acceptors (Lipinski definition) is 2. The number of amidine groups is 1. The number of halogens is 1. The van der Waals surface area contributed by atoms with Gasteiger partial charge in [0.25, 0.3) is 0 Å². The van der Waals surface area contributed by atoms with E-state index in [0.717, 1.165) is 11.3 Å². The number of ether oxygens (including phenoxy) is 1. The number of benzene rings is 2. The quantitative estimate of drug-likeness (QED) is 0.666. The Morgan fingerprint density at radius 3 is 2.22 bits per heavy atom. The Hall–Kier alpha value is -2.36. The van der Waals surface area contributed by atoms with Gasteiger partial charge in [0.05, 0.1) is 12.8 Å². The van der Waals surface area contributed by atoms with E-state index in [1.807, 2.05) is 24.3 Å². The number of aliphatic imine (C=N–C) groups is 1. The van der Waals surface area contributed by atoms with Crippen LogP contribution in [0.5, 0.6) is 5.75 Å². The van der Waals surface area contributed by atoms with Gasteiger partial charge in [-0.3, -0.25) is 0 Å². The maximum atomic E-state index is 12.7. The van der Waals surface area contributed by atoms with Gasteiger partial charge in [0.1, 0.15) is 17.4 Å². The first-order valence-corrected chi connectivity index (χ1v) is 5.43. The van der Waals surface area contributed by atoms with Gasteiger partial charge in [-0.15, -0.1) is 0 Å². The van der Waals surface area contributed by atoms with Crippen LogP contribution in [0, 0.1) is 5.82 Å². The zero-order valence-electron chi connectivity index (χ0n) is 9.93. The van der Waals surface area contributed by atoms with E-state index in [2.05, 4.69) is 4.99 Å². The number of nitrogens with two attached hydrogens (primary N) is 1. The standard InChI is InChI=1S/C14H13FN2O/c1-18-13-8-2-10(3-9-13)14(16)17-12-6-4-11(15)5-7-12/h2-9H,1H3,(H2,16,17). The maximum absolute atomic E-state index is 12.7. The molecular weight excluding hydrogens is 231 g/mol. The molecule has 2 rings (SSSR count). The lowest BCUT2D eigenvalue weighted by Crippen LogP contribution is -2.12. The topological polar surface area (TPSA) is 47.6 Å². The Morgan fingerprint density at radius 1 is 1.06 bits per heavy atom. The second-order valence-corrected chi connectivity index (χ2v) is 3.70. The predicted molar refractivity (Wildman–Crippen MR) is 69.8 cm³/mol. The molecule has 0 radical (unpaired) electrons. The maximum Gasteiger partial charge on any atom is 0.131 e. The highest BCUT2D eigenvalue weighted by atomic mass is 19.1. The van der Waals surface area contributed by atoms with Crippen LogP contribution in [0.15, 0.2) is 53.5 Å². The minimum atomic E-state index is -0.294. The lowest BCUT2D eigenvalue weighted by Gasteiger charge is -2.03. The molecule has 0 aromatic heterocycles. The molecule has 0 atom stereocenters. The smallest absolute Gasteiger partial charge is 0.131 e. The van der Waals surface area contributed by atoms with E-state index in [4.69, 9.17) is 10.5 Å². The first-order valence-electron chi connectivity index (χ1n) is 5.43. The molecule has 0 amide bonds. The second kappa shape index (κ2) is 5.31. The molecule has 0 bridgehead atoms. The highest BCUT2D eigenvalue weighted by molar-refractivity contribution is 5.99. The summed E-state index contributed by atoms with van der Waals surface area (Å²) >= 11 is 0. The van der Waals surface area contributed by atoms with Crippen LogP contribution in [0.4, 0.5) is 10.1 Å². The third-order valence-corrected chi connectivity index (χ3v) is 2.46. The van der Waals surface area contributed by atoms with E-state index >= 15 is 0 Å². The minimum Gasteiger partial charge on any atom is -0.497 e. The summed E-state index contributed by atoms with van der Waals surface area (Å²) in [6.07, 6.45) is 0. The molecule has 0 aliphatic heterocycles. The van der Waals surface area contributed by atoms with Crippen LogP contribution >= 0.6 is 0 Å². The molecule has 0 aliphatic carbocycles. The molecule has 2 N–H and O–H groups in total. The summed E-state index contributed by atoms with van der Waals surface area (Å²) in [5, 5.41) is 0. The Bertz CT molecular complexity index is 547. The molecule has 2 aromatic carbocycles. The molecule has 18 heavy (non-hydrogen) atoms. The van der Waals surface area contributed by atoms with Crippen LogP contribution in [-0.4, -0.2) is 12.9 Å². The summed E-state index contributed by atoms with van der Waals surface area (Å²) in [5.74, 6) is 0.842. The summed E-state index contributed by atoms with van der Waals surface area (Å²) in [7, 11) is 1.60. The molecule has 0 saturated carbocycles. The normalized spacial score (nSPS) is 11.3. The van der Waals surface area contributed by atoms with Crippen molar-refractivity contribution in [2.45, 2.75) is 0 Å². The van der Waals surface area contributed by atoms with Gasteiger partial charge < -0.3 is 10.5 Å². The van der Waals surface area contributed by atoms with Gasteiger partial charge in [0.2, 0.25) is 0 Å². The highest BCUT2D eigenvalue weighted by Gasteiger charge is 1.99. The van der Waals surface area contributed by atoms with Gasteiger partial charge in [-0.25, -0.2) is 9.38 Å².